The van der Waals surface area contributed by atoms with Gasteiger partial charge >= 0.3 is 0 Å². The first kappa shape index (κ1) is 17.4. The first-order chi connectivity index (χ1) is 11.1. The van der Waals surface area contributed by atoms with Crippen LogP contribution in [0.4, 0.5) is 0 Å². The first-order valence-electron chi connectivity index (χ1n) is 7.81. The molecule has 0 fully saturated rings. The van der Waals surface area contributed by atoms with E-state index in [1.54, 1.807) is 19.1 Å². The molecule has 122 valence electrons. The van der Waals surface area contributed by atoms with E-state index in [4.69, 9.17) is 16.3 Å². The standard InChI is InChI=1S/C19H22ClNO2/c1-14(12-13-16-8-4-3-5-9-16)21-19(22)15(2)23-18-11-7-6-10-17(18)20/h3-11,14-15H,12-13H2,1-2H3,(H,21,22)/t14-,15+/m0/s1. The van der Waals surface area contributed by atoms with Gasteiger partial charge in [0.2, 0.25) is 0 Å². The average molecular weight is 332 g/mol. The number of nitrogens with one attached hydrogen (secondary N) is 1. The van der Waals surface area contributed by atoms with E-state index in [1.807, 2.05) is 37.3 Å². The SMILES string of the molecule is C[C@@H](CCc1ccccc1)NC(=O)[C@@H](C)Oc1ccccc1Cl. The highest BCUT2D eigenvalue weighted by Crippen LogP contribution is 2.24. The molecule has 0 bridgehead atoms. The van der Waals surface area contributed by atoms with E-state index in [-0.39, 0.29) is 11.9 Å². The molecule has 0 heterocycles. The molecular weight excluding hydrogens is 310 g/mol. The molecule has 0 spiro atoms. The van der Waals surface area contributed by atoms with E-state index in [0.717, 1.165) is 12.8 Å². The number of halogens is 1. The Morgan fingerprint density at radius 1 is 1.09 bits per heavy atom. The fraction of sp³-hybridized carbons (Fsp3) is 0.316. The number of carbonyl (C=O) groups is 1. The number of benzene rings is 2. The maximum Gasteiger partial charge on any atom is 0.260 e. The minimum absolute atomic E-state index is 0.0833. The predicted molar refractivity (Wildman–Crippen MR) is 93.9 cm³/mol. The van der Waals surface area contributed by atoms with Gasteiger partial charge < -0.3 is 10.1 Å². The van der Waals surface area contributed by atoms with Crippen LogP contribution >= 0.6 is 11.6 Å². The second kappa shape index (κ2) is 8.59. The number of amides is 1. The Labute approximate surface area is 142 Å². The van der Waals surface area contributed by atoms with Crippen molar-refractivity contribution in [1.29, 1.82) is 0 Å². The van der Waals surface area contributed by atoms with Gasteiger partial charge in [-0.3, -0.25) is 4.79 Å². The van der Waals surface area contributed by atoms with Crippen molar-refractivity contribution in [3.8, 4) is 5.75 Å². The van der Waals surface area contributed by atoms with E-state index in [9.17, 15) is 4.79 Å². The summed E-state index contributed by atoms with van der Waals surface area (Å²) in [5, 5.41) is 3.49. The van der Waals surface area contributed by atoms with Gasteiger partial charge in [0.05, 0.1) is 5.02 Å². The molecule has 0 unspecified atom stereocenters. The fourth-order valence-corrected chi connectivity index (χ4v) is 2.42. The second-order valence-corrected chi connectivity index (χ2v) is 6.03. The molecule has 2 aromatic carbocycles. The van der Waals surface area contributed by atoms with Gasteiger partial charge in [0.25, 0.3) is 5.91 Å². The summed E-state index contributed by atoms with van der Waals surface area (Å²) in [5.41, 5.74) is 1.27. The molecule has 2 atom stereocenters. The fourth-order valence-electron chi connectivity index (χ4n) is 2.24. The van der Waals surface area contributed by atoms with Gasteiger partial charge in [0, 0.05) is 6.04 Å². The highest BCUT2D eigenvalue weighted by Gasteiger charge is 2.17. The summed E-state index contributed by atoms with van der Waals surface area (Å²) in [4.78, 5) is 12.2. The molecule has 0 aliphatic rings. The van der Waals surface area contributed by atoms with Crippen LogP contribution in [0.15, 0.2) is 54.6 Å². The van der Waals surface area contributed by atoms with Crippen molar-refractivity contribution in [3.63, 3.8) is 0 Å². The minimum Gasteiger partial charge on any atom is -0.479 e. The van der Waals surface area contributed by atoms with Crippen LogP contribution in [0.1, 0.15) is 25.8 Å². The van der Waals surface area contributed by atoms with Gasteiger partial charge in [-0.05, 0) is 44.4 Å². The van der Waals surface area contributed by atoms with Crippen molar-refractivity contribution in [3.05, 3.63) is 65.2 Å². The van der Waals surface area contributed by atoms with Crippen LogP contribution in [0, 0.1) is 0 Å². The normalized spacial score (nSPS) is 13.2. The topological polar surface area (TPSA) is 38.3 Å². The highest BCUT2D eigenvalue weighted by atomic mass is 35.5. The van der Waals surface area contributed by atoms with Crippen molar-refractivity contribution >= 4 is 17.5 Å². The van der Waals surface area contributed by atoms with Gasteiger partial charge in [-0.1, -0.05) is 54.1 Å². The van der Waals surface area contributed by atoms with Crippen LogP contribution in [0.25, 0.3) is 0 Å². The third-order valence-electron chi connectivity index (χ3n) is 3.61. The molecule has 1 amide bonds. The Hall–Kier alpha value is -2.00. The second-order valence-electron chi connectivity index (χ2n) is 5.62. The van der Waals surface area contributed by atoms with E-state index in [0.29, 0.717) is 10.8 Å². The lowest BCUT2D eigenvalue weighted by Gasteiger charge is -2.19. The quantitative estimate of drug-likeness (QED) is 0.824. The van der Waals surface area contributed by atoms with Crippen LogP contribution in [-0.2, 0) is 11.2 Å². The Kier molecular flexibility index (Phi) is 6.48. The zero-order valence-electron chi connectivity index (χ0n) is 13.5. The smallest absolute Gasteiger partial charge is 0.260 e. The molecule has 4 heteroatoms. The summed E-state index contributed by atoms with van der Waals surface area (Å²) in [5.74, 6) is 0.388. The molecule has 23 heavy (non-hydrogen) atoms. The van der Waals surface area contributed by atoms with Crippen molar-refractivity contribution in [2.45, 2.75) is 38.8 Å². The number of carbonyl (C=O) groups excluding carboxylic acids is 1. The van der Waals surface area contributed by atoms with Crippen molar-refractivity contribution in [2.75, 3.05) is 0 Å². The summed E-state index contributed by atoms with van der Waals surface area (Å²) in [6.45, 7) is 3.73. The number of hydrogen-bond acceptors (Lipinski definition) is 2. The van der Waals surface area contributed by atoms with Crippen LogP contribution in [0.3, 0.4) is 0 Å². The Balaban J connectivity index is 1.80. The summed E-state index contributed by atoms with van der Waals surface area (Å²) in [6.07, 6.45) is 1.23. The van der Waals surface area contributed by atoms with Crippen molar-refractivity contribution in [2.24, 2.45) is 0 Å². The lowest BCUT2D eigenvalue weighted by molar-refractivity contribution is -0.127. The van der Waals surface area contributed by atoms with Crippen LogP contribution in [-0.4, -0.2) is 18.1 Å². The Morgan fingerprint density at radius 2 is 1.74 bits per heavy atom. The Morgan fingerprint density at radius 3 is 2.43 bits per heavy atom. The van der Waals surface area contributed by atoms with Crippen molar-refractivity contribution in [1.82, 2.24) is 5.32 Å². The lowest BCUT2D eigenvalue weighted by atomic mass is 10.1. The number of rotatable bonds is 7. The predicted octanol–water partition coefficient (Wildman–Crippen LogP) is 4.24. The molecule has 0 aromatic heterocycles. The minimum atomic E-state index is -0.589. The molecule has 0 saturated heterocycles. The van der Waals surface area contributed by atoms with Gasteiger partial charge in [0.15, 0.2) is 6.10 Å². The van der Waals surface area contributed by atoms with Crippen LogP contribution in [0.2, 0.25) is 5.02 Å². The van der Waals surface area contributed by atoms with E-state index in [1.165, 1.54) is 5.56 Å². The summed E-state index contributed by atoms with van der Waals surface area (Å²) < 4.78 is 5.63. The average Bonchev–Trinajstić information content (AvgIpc) is 2.56. The number of hydrogen-bond donors (Lipinski definition) is 1. The van der Waals surface area contributed by atoms with Gasteiger partial charge in [-0.2, -0.15) is 0 Å². The van der Waals surface area contributed by atoms with E-state index < -0.39 is 6.10 Å². The lowest BCUT2D eigenvalue weighted by Crippen LogP contribution is -2.41. The summed E-state index contributed by atoms with van der Waals surface area (Å²) in [7, 11) is 0. The van der Waals surface area contributed by atoms with Crippen LogP contribution < -0.4 is 10.1 Å². The van der Waals surface area contributed by atoms with Gasteiger partial charge in [0.1, 0.15) is 5.75 Å². The molecule has 2 rings (SSSR count). The maximum absolute atomic E-state index is 12.2. The largest absolute Gasteiger partial charge is 0.479 e. The molecule has 0 radical (unpaired) electrons. The van der Waals surface area contributed by atoms with Gasteiger partial charge in [-0.15, -0.1) is 0 Å². The zero-order chi connectivity index (χ0) is 16.7. The third-order valence-corrected chi connectivity index (χ3v) is 3.92. The molecule has 3 nitrogen and oxygen atoms in total. The van der Waals surface area contributed by atoms with E-state index >= 15 is 0 Å². The monoisotopic (exact) mass is 331 g/mol. The zero-order valence-corrected chi connectivity index (χ0v) is 14.2. The number of aryl methyl sites for hydroxylation is 1. The Bertz CT molecular complexity index is 630. The third kappa shape index (κ3) is 5.61. The molecule has 0 saturated carbocycles. The van der Waals surface area contributed by atoms with Gasteiger partial charge in [-0.25, -0.2) is 0 Å². The summed E-state index contributed by atoms with van der Waals surface area (Å²) in [6, 6.07) is 17.5. The summed E-state index contributed by atoms with van der Waals surface area (Å²) >= 11 is 6.04. The van der Waals surface area contributed by atoms with Crippen LogP contribution in [0.5, 0.6) is 5.75 Å². The molecule has 2 aromatic rings. The van der Waals surface area contributed by atoms with E-state index in [2.05, 4.69) is 17.4 Å². The molecule has 0 aliphatic heterocycles. The molecular formula is C19H22ClNO2. The first-order valence-corrected chi connectivity index (χ1v) is 8.19. The molecule has 1 N–H and O–H groups in total. The van der Waals surface area contributed by atoms with Crippen molar-refractivity contribution < 1.29 is 9.53 Å². The highest BCUT2D eigenvalue weighted by molar-refractivity contribution is 6.32. The number of para-hydroxylation sites is 1. The number of ether oxygens (including phenoxy) is 1. The molecule has 0 aliphatic carbocycles. The maximum atomic E-state index is 12.2.